The van der Waals surface area contributed by atoms with Crippen molar-refractivity contribution in [1.82, 2.24) is 0 Å². The van der Waals surface area contributed by atoms with Gasteiger partial charge in [0.25, 0.3) is 0 Å². The highest BCUT2D eigenvalue weighted by molar-refractivity contribution is 9.10. The highest BCUT2D eigenvalue weighted by atomic mass is 79.9. The van der Waals surface area contributed by atoms with Gasteiger partial charge in [-0.2, -0.15) is 0 Å². The van der Waals surface area contributed by atoms with Crippen LogP contribution in [-0.2, 0) is 13.1 Å². The third-order valence-corrected chi connectivity index (χ3v) is 4.00. The van der Waals surface area contributed by atoms with E-state index < -0.39 is 5.97 Å². The van der Waals surface area contributed by atoms with Crippen molar-refractivity contribution in [3.05, 3.63) is 106 Å². The Balaban J connectivity index is 0.000000196. The molecule has 0 amide bonds. The van der Waals surface area contributed by atoms with Gasteiger partial charge in [-0.15, -0.1) is 0 Å². The largest absolute Gasteiger partial charge is 0.545 e. The minimum Gasteiger partial charge on any atom is -0.545 e. The van der Waals surface area contributed by atoms with Crippen molar-refractivity contribution in [1.29, 1.82) is 0 Å². The topological polar surface area (TPSA) is 56.7 Å². The molecule has 2 N–H and O–H groups in total. The van der Waals surface area contributed by atoms with Crippen molar-refractivity contribution in [3.63, 3.8) is 0 Å². The number of carbonyl (C=O) groups excluding carboxylic acids is 1. The quantitative estimate of drug-likeness (QED) is 0.719. The molecule has 0 aliphatic heterocycles. The molecule has 0 aromatic heterocycles. The molecule has 128 valence electrons. The molecule has 0 saturated carbocycles. The van der Waals surface area contributed by atoms with Crippen molar-refractivity contribution in [2.24, 2.45) is 0 Å². The predicted octanol–water partition coefficient (Wildman–Crippen LogP) is 2.76. The molecule has 0 radical (unpaired) electrons. The van der Waals surface area contributed by atoms with Gasteiger partial charge in [0.2, 0.25) is 0 Å². The molecule has 0 saturated heterocycles. The zero-order valence-electron chi connectivity index (χ0n) is 13.8. The number of nitrogens with two attached hydrogens (primary N) is 1. The highest BCUT2D eigenvalue weighted by Gasteiger charge is 1.95. The summed E-state index contributed by atoms with van der Waals surface area (Å²) in [5.74, 6) is -1.15. The molecule has 0 aliphatic rings. The van der Waals surface area contributed by atoms with Crippen LogP contribution in [0, 0.1) is 0 Å². The first kappa shape index (κ1) is 18.9. The lowest BCUT2D eigenvalue weighted by molar-refractivity contribution is -0.686. The summed E-state index contributed by atoms with van der Waals surface area (Å²) in [5, 5.41) is 12.5. The first-order chi connectivity index (χ1) is 12.1. The van der Waals surface area contributed by atoms with Gasteiger partial charge in [-0.3, -0.25) is 0 Å². The van der Waals surface area contributed by atoms with Crippen LogP contribution < -0.4 is 10.4 Å². The Morgan fingerprint density at radius 3 is 1.72 bits per heavy atom. The number of hydrogen-bond acceptors (Lipinski definition) is 2. The number of benzene rings is 3. The van der Waals surface area contributed by atoms with E-state index in [2.05, 4.69) is 81.9 Å². The molecule has 0 unspecified atom stereocenters. The van der Waals surface area contributed by atoms with Gasteiger partial charge in [0.05, 0.1) is 5.97 Å². The normalized spacial score (nSPS) is 9.80. The van der Waals surface area contributed by atoms with E-state index in [0.717, 1.165) is 17.6 Å². The average Bonchev–Trinajstić information content (AvgIpc) is 2.64. The van der Waals surface area contributed by atoms with Gasteiger partial charge in [0.15, 0.2) is 0 Å². The fourth-order valence-corrected chi connectivity index (χ4v) is 2.65. The molecule has 3 nitrogen and oxygen atoms in total. The number of carboxylic acids is 1. The summed E-state index contributed by atoms with van der Waals surface area (Å²) in [6.45, 7) is 2.10. The molecule has 0 bridgehead atoms. The molecule has 0 heterocycles. The van der Waals surface area contributed by atoms with E-state index in [-0.39, 0.29) is 5.56 Å². The second kappa shape index (κ2) is 10.4. The van der Waals surface area contributed by atoms with Gasteiger partial charge in [0, 0.05) is 15.6 Å². The van der Waals surface area contributed by atoms with Crippen LogP contribution >= 0.6 is 15.9 Å². The Bertz CT molecular complexity index is 737. The third-order valence-electron chi connectivity index (χ3n) is 3.51. The van der Waals surface area contributed by atoms with Crippen LogP contribution in [0.1, 0.15) is 21.5 Å². The molecule has 3 rings (SSSR count). The number of aromatic carboxylic acids is 1. The van der Waals surface area contributed by atoms with E-state index >= 15 is 0 Å². The Hall–Kier alpha value is -2.43. The Kier molecular flexibility index (Phi) is 7.89. The summed E-state index contributed by atoms with van der Waals surface area (Å²) in [6.07, 6.45) is 0. The van der Waals surface area contributed by atoms with E-state index in [1.807, 2.05) is 0 Å². The summed E-state index contributed by atoms with van der Waals surface area (Å²) in [6, 6.07) is 27.5. The Labute approximate surface area is 156 Å². The molecule has 0 fully saturated rings. The maximum Gasteiger partial charge on any atom is 0.101 e. The van der Waals surface area contributed by atoms with Crippen LogP contribution in [0.3, 0.4) is 0 Å². The van der Waals surface area contributed by atoms with Crippen LogP contribution in [0.15, 0.2) is 89.4 Å². The molecule has 0 atom stereocenters. The average molecular weight is 398 g/mol. The molecule has 3 aromatic carbocycles. The molecular formula is C21H20BrNO2. The molecular weight excluding hydrogens is 378 g/mol. The number of carboxylic acid groups (broad SMARTS) is 1. The lowest BCUT2D eigenvalue weighted by atomic mass is 10.2. The highest BCUT2D eigenvalue weighted by Crippen LogP contribution is 2.10. The van der Waals surface area contributed by atoms with Gasteiger partial charge in [-0.25, -0.2) is 0 Å². The summed E-state index contributed by atoms with van der Waals surface area (Å²) < 4.78 is 0.745. The number of rotatable bonds is 5. The number of hydrogen-bond donors (Lipinski definition) is 1. The maximum absolute atomic E-state index is 10.2. The fraction of sp³-hybridized carbons (Fsp3) is 0.0952. The van der Waals surface area contributed by atoms with E-state index in [1.54, 1.807) is 12.1 Å². The van der Waals surface area contributed by atoms with Crippen LogP contribution in [0.25, 0.3) is 0 Å². The number of halogens is 1. The maximum atomic E-state index is 10.2. The Morgan fingerprint density at radius 1 is 0.800 bits per heavy atom. The van der Waals surface area contributed by atoms with Crippen LogP contribution in [-0.4, -0.2) is 5.97 Å². The van der Waals surface area contributed by atoms with Crippen molar-refractivity contribution in [2.75, 3.05) is 0 Å². The van der Waals surface area contributed by atoms with E-state index in [4.69, 9.17) is 0 Å². The summed E-state index contributed by atoms with van der Waals surface area (Å²) in [4.78, 5) is 10.2. The molecule has 4 heteroatoms. The zero-order chi connectivity index (χ0) is 17.9. The lowest BCUT2D eigenvalue weighted by Gasteiger charge is -2.01. The van der Waals surface area contributed by atoms with Gasteiger partial charge >= 0.3 is 0 Å². The summed E-state index contributed by atoms with van der Waals surface area (Å²) in [7, 11) is 0. The van der Waals surface area contributed by atoms with Crippen LogP contribution in [0.4, 0.5) is 0 Å². The van der Waals surface area contributed by atoms with Crippen molar-refractivity contribution in [3.8, 4) is 0 Å². The van der Waals surface area contributed by atoms with Gasteiger partial charge in [-0.05, 0) is 17.7 Å². The monoisotopic (exact) mass is 397 g/mol. The van der Waals surface area contributed by atoms with Gasteiger partial charge in [-0.1, -0.05) is 88.7 Å². The van der Waals surface area contributed by atoms with Crippen LogP contribution in [0.5, 0.6) is 0 Å². The smallest absolute Gasteiger partial charge is 0.101 e. The van der Waals surface area contributed by atoms with Crippen molar-refractivity contribution in [2.45, 2.75) is 13.1 Å². The number of carbonyl (C=O) groups is 1. The second-order valence-electron chi connectivity index (χ2n) is 5.47. The minimum absolute atomic E-state index is 0.189. The third kappa shape index (κ3) is 7.33. The van der Waals surface area contributed by atoms with Crippen molar-refractivity contribution < 1.29 is 15.2 Å². The van der Waals surface area contributed by atoms with E-state index in [0.29, 0.717) is 0 Å². The molecule has 25 heavy (non-hydrogen) atoms. The Morgan fingerprint density at radius 2 is 1.32 bits per heavy atom. The van der Waals surface area contributed by atoms with Crippen LogP contribution in [0.2, 0.25) is 0 Å². The predicted molar refractivity (Wildman–Crippen MR) is 101 cm³/mol. The minimum atomic E-state index is -1.15. The molecule has 3 aromatic rings. The van der Waals surface area contributed by atoms with Gasteiger partial charge < -0.3 is 15.2 Å². The van der Waals surface area contributed by atoms with Gasteiger partial charge in [0.1, 0.15) is 13.1 Å². The molecule has 0 spiro atoms. The summed E-state index contributed by atoms with van der Waals surface area (Å²) in [5.41, 5.74) is 2.95. The van der Waals surface area contributed by atoms with Crippen molar-refractivity contribution >= 4 is 21.9 Å². The summed E-state index contributed by atoms with van der Waals surface area (Å²) >= 11 is 3.14. The first-order valence-electron chi connectivity index (χ1n) is 8.01. The zero-order valence-corrected chi connectivity index (χ0v) is 15.4. The standard InChI is InChI=1S/C14H15N.C7H5BrO2/c1-3-7-13(8-4-1)11-15-12-14-9-5-2-6-10-14;8-6-3-1-2-5(4-6)7(9)10/h1-10,15H,11-12H2;1-4H,(H,9,10). The fourth-order valence-electron chi connectivity index (χ4n) is 2.25. The molecule has 0 aliphatic carbocycles. The SMILES string of the molecule is O=C([O-])c1cccc(Br)c1.c1ccc(C[NH2+]Cc2ccccc2)cc1. The number of quaternary nitrogens is 1. The lowest BCUT2D eigenvalue weighted by Crippen LogP contribution is -2.80. The van der Waals surface area contributed by atoms with E-state index in [9.17, 15) is 9.90 Å². The first-order valence-corrected chi connectivity index (χ1v) is 8.81. The van der Waals surface area contributed by atoms with E-state index in [1.165, 1.54) is 23.3 Å². The second-order valence-corrected chi connectivity index (χ2v) is 6.38.